The molecule has 2 aliphatic rings. The third kappa shape index (κ3) is 2.71. The topological polar surface area (TPSA) is 52.7 Å². The summed E-state index contributed by atoms with van der Waals surface area (Å²) in [5, 5.41) is 2.95. The largest absolute Gasteiger partial charge is 0.339 e. The fourth-order valence-corrected chi connectivity index (χ4v) is 3.89. The number of rotatable bonds is 2. The van der Waals surface area contributed by atoms with E-state index < -0.39 is 5.54 Å². The Labute approximate surface area is 151 Å². The van der Waals surface area contributed by atoms with Crippen LogP contribution in [0.2, 0.25) is 0 Å². The summed E-state index contributed by atoms with van der Waals surface area (Å²) in [7, 11) is 0. The van der Waals surface area contributed by atoms with Gasteiger partial charge in [-0.25, -0.2) is 4.39 Å². The Hall–Kier alpha value is -2.89. The van der Waals surface area contributed by atoms with Gasteiger partial charge in [-0.3, -0.25) is 9.59 Å². The number of anilines is 1. The summed E-state index contributed by atoms with van der Waals surface area (Å²) in [4.78, 5) is 29.1. The van der Waals surface area contributed by atoms with Crippen molar-refractivity contribution in [1.29, 1.82) is 0 Å². The van der Waals surface area contributed by atoms with Gasteiger partial charge in [0.25, 0.3) is 5.91 Å². The Morgan fingerprint density at radius 2 is 1.65 bits per heavy atom. The monoisotopic (exact) mass is 353 g/mol. The van der Waals surface area contributed by atoms with E-state index in [-0.39, 0.29) is 17.6 Å². The van der Waals surface area contributed by atoms with E-state index in [0.29, 0.717) is 38.2 Å². The van der Waals surface area contributed by atoms with E-state index in [1.165, 1.54) is 24.3 Å². The predicted octanol–water partition coefficient (Wildman–Crippen LogP) is 2.39. The maximum Gasteiger partial charge on any atom is 0.253 e. The quantitative estimate of drug-likeness (QED) is 0.902. The predicted molar refractivity (Wildman–Crippen MR) is 96.2 cm³/mol. The number of nitrogens with zero attached hydrogens (tertiary/aromatic N) is 2. The van der Waals surface area contributed by atoms with Crippen LogP contribution in [0.15, 0.2) is 54.6 Å². The highest BCUT2D eigenvalue weighted by Crippen LogP contribution is 2.36. The van der Waals surface area contributed by atoms with Crippen LogP contribution in [0.25, 0.3) is 0 Å². The Balaban J connectivity index is 1.52. The number of hydrogen-bond donors (Lipinski definition) is 1. The summed E-state index contributed by atoms with van der Waals surface area (Å²) >= 11 is 0. The van der Waals surface area contributed by atoms with E-state index in [2.05, 4.69) is 10.2 Å². The molecule has 1 N–H and O–H groups in total. The average molecular weight is 353 g/mol. The average Bonchev–Trinajstić information content (AvgIpc) is 2.99. The Bertz CT molecular complexity index is 815. The van der Waals surface area contributed by atoms with Gasteiger partial charge in [0.05, 0.1) is 6.67 Å². The molecule has 2 heterocycles. The van der Waals surface area contributed by atoms with Crippen molar-refractivity contribution in [2.24, 2.45) is 0 Å². The van der Waals surface area contributed by atoms with Gasteiger partial charge in [0.1, 0.15) is 11.4 Å². The summed E-state index contributed by atoms with van der Waals surface area (Å²) in [6.45, 7) is 1.47. The first kappa shape index (κ1) is 16.6. The summed E-state index contributed by atoms with van der Waals surface area (Å²) in [5.74, 6) is -0.458. The first-order valence-electron chi connectivity index (χ1n) is 8.76. The molecule has 26 heavy (non-hydrogen) atoms. The van der Waals surface area contributed by atoms with Crippen molar-refractivity contribution < 1.29 is 14.0 Å². The number of carbonyl (C=O) groups is 2. The van der Waals surface area contributed by atoms with Gasteiger partial charge in [-0.1, -0.05) is 18.2 Å². The summed E-state index contributed by atoms with van der Waals surface area (Å²) < 4.78 is 13.1. The molecule has 0 radical (unpaired) electrons. The molecule has 0 atom stereocenters. The molecule has 0 aromatic heterocycles. The Kier molecular flexibility index (Phi) is 4.11. The highest BCUT2D eigenvalue weighted by atomic mass is 19.1. The summed E-state index contributed by atoms with van der Waals surface area (Å²) in [6.07, 6.45) is 1.14. The molecule has 0 aliphatic carbocycles. The molecule has 4 rings (SSSR count). The maximum atomic E-state index is 13.1. The summed E-state index contributed by atoms with van der Waals surface area (Å²) in [5.41, 5.74) is 0.864. The lowest BCUT2D eigenvalue weighted by molar-refractivity contribution is -0.124. The summed E-state index contributed by atoms with van der Waals surface area (Å²) in [6, 6.07) is 15.4. The molecular weight excluding hydrogens is 333 g/mol. The van der Waals surface area contributed by atoms with Crippen LogP contribution in [0.4, 0.5) is 10.1 Å². The van der Waals surface area contributed by atoms with Gasteiger partial charge < -0.3 is 15.1 Å². The zero-order chi connectivity index (χ0) is 18.1. The Morgan fingerprint density at radius 1 is 1.00 bits per heavy atom. The molecule has 2 fully saturated rings. The molecule has 2 aromatic carbocycles. The molecule has 2 saturated heterocycles. The van der Waals surface area contributed by atoms with E-state index in [0.717, 1.165) is 5.69 Å². The fourth-order valence-electron chi connectivity index (χ4n) is 3.89. The van der Waals surface area contributed by atoms with Crippen LogP contribution in [-0.4, -0.2) is 42.0 Å². The van der Waals surface area contributed by atoms with Crippen LogP contribution in [0, 0.1) is 5.82 Å². The highest BCUT2D eigenvalue weighted by Gasteiger charge is 2.50. The first-order chi connectivity index (χ1) is 12.6. The maximum absolute atomic E-state index is 13.1. The lowest BCUT2D eigenvalue weighted by Crippen LogP contribution is -2.57. The zero-order valence-electron chi connectivity index (χ0n) is 14.3. The van der Waals surface area contributed by atoms with Crippen LogP contribution in [-0.2, 0) is 4.79 Å². The molecule has 2 amide bonds. The van der Waals surface area contributed by atoms with Crippen molar-refractivity contribution >= 4 is 17.5 Å². The molecule has 2 aromatic rings. The van der Waals surface area contributed by atoms with Gasteiger partial charge in [-0.05, 0) is 49.2 Å². The van der Waals surface area contributed by atoms with Crippen molar-refractivity contribution in [2.75, 3.05) is 24.7 Å². The fraction of sp³-hybridized carbons (Fsp3) is 0.300. The minimum Gasteiger partial charge on any atom is -0.339 e. The number of carbonyl (C=O) groups excluding carboxylic acids is 2. The second kappa shape index (κ2) is 6.44. The van der Waals surface area contributed by atoms with Crippen LogP contribution >= 0.6 is 0 Å². The van der Waals surface area contributed by atoms with E-state index >= 15 is 0 Å². The van der Waals surface area contributed by atoms with Crippen molar-refractivity contribution in [3.8, 4) is 0 Å². The van der Waals surface area contributed by atoms with Crippen molar-refractivity contribution in [1.82, 2.24) is 10.2 Å². The molecule has 0 bridgehead atoms. The van der Waals surface area contributed by atoms with Gasteiger partial charge in [0.2, 0.25) is 5.91 Å². The smallest absolute Gasteiger partial charge is 0.253 e. The van der Waals surface area contributed by atoms with Crippen LogP contribution in [0.3, 0.4) is 0 Å². The number of halogens is 1. The molecular formula is C20H20FN3O2. The molecule has 6 heteroatoms. The van der Waals surface area contributed by atoms with Gasteiger partial charge in [-0.2, -0.15) is 0 Å². The van der Waals surface area contributed by atoms with E-state index in [4.69, 9.17) is 0 Å². The Morgan fingerprint density at radius 3 is 2.31 bits per heavy atom. The van der Waals surface area contributed by atoms with Crippen LogP contribution < -0.4 is 10.2 Å². The first-order valence-corrected chi connectivity index (χ1v) is 8.76. The lowest BCUT2D eigenvalue weighted by Gasteiger charge is -2.43. The van der Waals surface area contributed by atoms with E-state index in [1.54, 1.807) is 4.90 Å². The zero-order valence-corrected chi connectivity index (χ0v) is 14.3. The number of hydrogen-bond acceptors (Lipinski definition) is 3. The van der Waals surface area contributed by atoms with E-state index in [1.807, 2.05) is 30.3 Å². The SMILES string of the molecule is O=C(c1ccc(F)cc1)N1CCC2(CC1)C(=O)NCN2c1ccccc1. The number of piperidine rings is 1. The minimum absolute atomic E-state index is 0.0234. The van der Waals surface area contributed by atoms with Crippen molar-refractivity contribution in [3.05, 3.63) is 66.0 Å². The second-order valence-electron chi connectivity index (χ2n) is 6.76. The molecule has 2 aliphatic heterocycles. The molecule has 0 unspecified atom stereocenters. The molecule has 134 valence electrons. The van der Waals surface area contributed by atoms with Crippen LogP contribution in [0.5, 0.6) is 0 Å². The molecule has 5 nitrogen and oxygen atoms in total. The number of amides is 2. The third-order valence-electron chi connectivity index (χ3n) is 5.37. The number of benzene rings is 2. The third-order valence-corrected chi connectivity index (χ3v) is 5.37. The number of para-hydroxylation sites is 1. The molecule has 1 spiro atoms. The number of nitrogens with one attached hydrogen (secondary N) is 1. The van der Waals surface area contributed by atoms with Gasteiger partial charge in [0.15, 0.2) is 0 Å². The molecule has 0 saturated carbocycles. The van der Waals surface area contributed by atoms with E-state index in [9.17, 15) is 14.0 Å². The number of likely N-dealkylation sites (tertiary alicyclic amines) is 1. The standard InChI is InChI=1S/C20H20FN3O2/c21-16-8-6-15(7-9-16)18(25)23-12-10-20(11-13-23)19(26)22-14-24(20)17-4-2-1-3-5-17/h1-9H,10-14H2,(H,22,26). The van der Waals surface area contributed by atoms with Gasteiger partial charge in [-0.15, -0.1) is 0 Å². The van der Waals surface area contributed by atoms with Crippen molar-refractivity contribution in [3.63, 3.8) is 0 Å². The van der Waals surface area contributed by atoms with Crippen LogP contribution in [0.1, 0.15) is 23.2 Å². The van der Waals surface area contributed by atoms with Gasteiger partial charge >= 0.3 is 0 Å². The van der Waals surface area contributed by atoms with Gasteiger partial charge in [0, 0.05) is 24.3 Å². The minimum atomic E-state index is -0.610. The lowest BCUT2D eigenvalue weighted by atomic mass is 9.85. The second-order valence-corrected chi connectivity index (χ2v) is 6.76. The van der Waals surface area contributed by atoms with Crippen molar-refractivity contribution in [2.45, 2.75) is 18.4 Å². The highest BCUT2D eigenvalue weighted by molar-refractivity contribution is 5.96. The normalized spacial score (nSPS) is 18.9.